The highest BCUT2D eigenvalue weighted by Crippen LogP contribution is 2.21. The van der Waals surface area contributed by atoms with Crippen LogP contribution in [0.2, 0.25) is 0 Å². The zero-order valence-corrected chi connectivity index (χ0v) is 16.2. The van der Waals surface area contributed by atoms with E-state index in [4.69, 9.17) is 5.14 Å². The Labute approximate surface area is 158 Å². The summed E-state index contributed by atoms with van der Waals surface area (Å²) in [6, 6.07) is 4.19. The largest absolute Gasteiger partial charge is 0.409 e. The van der Waals surface area contributed by atoms with E-state index in [1.807, 2.05) is 0 Å². The number of benzene rings is 1. The van der Waals surface area contributed by atoms with Gasteiger partial charge in [0.15, 0.2) is 5.69 Å². The second-order valence-electron chi connectivity index (χ2n) is 5.34. The molecule has 0 spiro atoms. The van der Waals surface area contributed by atoms with Gasteiger partial charge in [0.05, 0.1) is 4.47 Å². The van der Waals surface area contributed by atoms with E-state index in [-0.39, 0.29) is 21.8 Å². The van der Waals surface area contributed by atoms with Crippen molar-refractivity contribution in [2.24, 2.45) is 10.3 Å². The van der Waals surface area contributed by atoms with Crippen molar-refractivity contribution in [2.45, 2.75) is 6.42 Å². The molecule has 1 heterocycles. The number of halogens is 2. The highest BCUT2D eigenvalue weighted by molar-refractivity contribution is 9.10. The second kappa shape index (κ2) is 9.02. The van der Waals surface area contributed by atoms with Crippen molar-refractivity contribution in [1.82, 2.24) is 15.0 Å². The summed E-state index contributed by atoms with van der Waals surface area (Å²) >= 11 is 3.07. The highest BCUT2D eigenvalue weighted by Gasteiger charge is 2.17. The second-order valence-corrected chi connectivity index (χ2v) is 8.49. The van der Waals surface area contributed by atoms with Gasteiger partial charge in [-0.3, -0.25) is 9.35 Å². The first-order valence-electron chi connectivity index (χ1n) is 7.42. The fraction of sp³-hybridized carbons (Fsp3) is 0.308. The molecule has 1 aromatic carbocycles. The number of nitrogens with one attached hydrogen (secondary N) is 3. The predicted molar refractivity (Wildman–Crippen MR) is 101 cm³/mol. The summed E-state index contributed by atoms with van der Waals surface area (Å²) in [4.78, 5) is 0. The van der Waals surface area contributed by atoms with Gasteiger partial charge >= 0.3 is 0 Å². The number of aromatic nitrogens is 2. The summed E-state index contributed by atoms with van der Waals surface area (Å²) in [6.45, 7) is 0.899. The molecule has 2 rings (SSSR count). The third kappa shape index (κ3) is 6.01. The van der Waals surface area contributed by atoms with Crippen molar-refractivity contribution in [3.63, 3.8) is 0 Å². The molecule has 0 aliphatic carbocycles. The van der Waals surface area contributed by atoms with E-state index in [0.29, 0.717) is 25.2 Å². The molecule has 1 aromatic heterocycles. The molecule has 0 bridgehead atoms. The van der Waals surface area contributed by atoms with E-state index in [2.05, 4.69) is 51.4 Å². The van der Waals surface area contributed by atoms with Gasteiger partial charge in [0.2, 0.25) is 11.7 Å². The maximum absolute atomic E-state index is 13.3. The third-order valence-corrected chi connectivity index (χ3v) is 4.53. The lowest BCUT2D eigenvalue weighted by atomic mass is 10.3. The van der Waals surface area contributed by atoms with E-state index in [0.717, 1.165) is 0 Å². The Morgan fingerprint density at radius 2 is 2.23 bits per heavy atom. The Morgan fingerprint density at radius 1 is 1.46 bits per heavy atom. The molecule has 0 saturated carbocycles. The van der Waals surface area contributed by atoms with Gasteiger partial charge in [0.1, 0.15) is 5.82 Å². The summed E-state index contributed by atoms with van der Waals surface area (Å²) in [5, 5.41) is 31.0. The number of rotatable bonds is 8. The van der Waals surface area contributed by atoms with Crippen molar-refractivity contribution in [3.05, 3.63) is 34.2 Å². The van der Waals surface area contributed by atoms with E-state index in [1.165, 1.54) is 24.5 Å². The smallest absolute Gasteiger partial charge is 0.203 e. The van der Waals surface area contributed by atoms with Crippen molar-refractivity contribution in [1.29, 1.82) is 0 Å². The van der Waals surface area contributed by atoms with Gasteiger partial charge in [0, 0.05) is 25.0 Å². The molecular formula is C13H19BrFN7O3S. The van der Waals surface area contributed by atoms with Crippen LogP contribution in [0.4, 0.5) is 15.9 Å². The Hall–Kier alpha value is -2.09. The minimum atomic E-state index is -2.76. The SMILES string of the molecule is C[SH](N)(=O)NCCCNc1nonc1/C(=N/O)Nc1ccc(F)c(Br)c1. The van der Waals surface area contributed by atoms with Gasteiger partial charge in [-0.2, -0.15) is 0 Å². The molecule has 0 aliphatic heterocycles. The lowest BCUT2D eigenvalue weighted by Gasteiger charge is -2.14. The van der Waals surface area contributed by atoms with Gasteiger partial charge in [-0.25, -0.2) is 13.7 Å². The Kier molecular flexibility index (Phi) is 7.02. The van der Waals surface area contributed by atoms with Crippen molar-refractivity contribution < 1.29 is 18.4 Å². The molecule has 0 fully saturated rings. The molecule has 0 unspecified atom stereocenters. The van der Waals surface area contributed by atoms with Crippen LogP contribution in [0.3, 0.4) is 0 Å². The van der Waals surface area contributed by atoms with Crippen LogP contribution in [-0.4, -0.2) is 44.9 Å². The summed E-state index contributed by atoms with van der Waals surface area (Å²) in [7, 11) is -2.76. The number of anilines is 2. The Balaban J connectivity index is 1.98. The number of nitrogens with zero attached hydrogens (tertiary/aromatic N) is 3. The maximum atomic E-state index is 13.3. The van der Waals surface area contributed by atoms with Crippen LogP contribution in [0.15, 0.2) is 32.5 Å². The maximum Gasteiger partial charge on any atom is 0.203 e. The molecule has 6 N–H and O–H groups in total. The van der Waals surface area contributed by atoms with Crippen molar-refractivity contribution in [2.75, 3.05) is 30.0 Å². The van der Waals surface area contributed by atoms with Crippen LogP contribution < -0.4 is 20.5 Å². The van der Waals surface area contributed by atoms with Gasteiger partial charge < -0.3 is 15.8 Å². The number of amidine groups is 1. The Bertz CT molecular complexity index is 826. The van der Waals surface area contributed by atoms with E-state index < -0.39 is 16.1 Å². The van der Waals surface area contributed by atoms with Gasteiger partial charge in [-0.15, -0.1) is 0 Å². The molecule has 0 radical (unpaired) electrons. The normalized spacial score (nSPS) is 12.8. The van der Waals surface area contributed by atoms with E-state index in [1.54, 1.807) is 0 Å². The number of oxime groups is 1. The third-order valence-electron chi connectivity index (χ3n) is 3.07. The van der Waals surface area contributed by atoms with Crippen LogP contribution in [0.1, 0.15) is 12.1 Å². The monoisotopic (exact) mass is 451 g/mol. The average molecular weight is 452 g/mol. The fourth-order valence-corrected chi connectivity index (χ4v) is 2.88. The molecule has 0 atom stereocenters. The first kappa shape index (κ1) is 20.2. The highest BCUT2D eigenvalue weighted by atomic mass is 79.9. The number of thiol groups is 1. The molecule has 26 heavy (non-hydrogen) atoms. The average Bonchev–Trinajstić information content (AvgIpc) is 3.03. The molecular weight excluding hydrogens is 433 g/mol. The van der Waals surface area contributed by atoms with Crippen LogP contribution in [0.5, 0.6) is 0 Å². The molecule has 0 amide bonds. The van der Waals surface area contributed by atoms with Crippen LogP contribution in [0, 0.1) is 5.82 Å². The summed E-state index contributed by atoms with van der Waals surface area (Å²) in [5.41, 5.74) is 0.603. The number of nitrogens with two attached hydrogens (primary N) is 1. The predicted octanol–water partition coefficient (Wildman–Crippen LogP) is 1.05. The zero-order valence-electron chi connectivity index (χ0n) is 13.7. The van der Waals surface area contributed by atoms with Gasteiger partial charge in [-0.05, 0) is 61.2 Å². The van der Waals surface area contributed by atoms with Crippen molar-refractivity contribution in [3.8, 4) is 0 Å². The minimum absolute atomic E-state index is 0.0367. The first-order valence-corrected chi connectivity index (χ1v) is 10.4. The first-order chi connectivity index (χ1) is 12.3. The lowest BCUT2D eigenvalue weighted by Crippen LogP contribution is -2.38. The molecule has 144 valence electrons. The topological polar surface area (TPSA) is 151 Å². The van der Waals surface area contributed by atoms with Gasteiger partial charge in [0.25, 0.3) is 0 Å². The van der Waals surface area contributed by atoms with Gasteiger partial charge in [-0.1, -0.05) is 5.16 Å². The number of hydrogen-bond acceptors (Lipinski definition) is 7. The molecule has 0 aliphatic rings. The Morgan fingerprint density at radius 3 is 2.88 bits per heavy atom. The fourth-order valence-electron chi connectivity index (χ4n) is 1.90. The van der Waals surface area contributed by atoms with Crippen molar-refractivity contribution >= 4 is 43.6 Å². The van der Waals surface area contributed by atoms with Crippen LogP contribution in [-0.2, 0) is 10.3 Å². The van der Waals surface area contributed by atoms with E-state index in [9.17, 15) is 13.8 Å². The summed E-state index contributed by atoms with van der Waals surface area (Å²) in [6.07, 6.45) is 2.04. The summed E-state index contributed by atoms with van der Waals surface area (Å²) in [5.74, 6) is -0.212. The molecule has 10 nitrogen and oxygen atoms in total. The summed E-state index contributed by atoms with van der Waals surface area (Å²) < 4.78 is 32.3. The standard InChI is InChI=1S/C13H19BrFN7O3S/c1-26(16,24)18-6-2-5-17-12-11(21-25-22-12)13(20-23)19-8-3-4-10(15)9(14)7-8/h3-4,7,23,26H,2,5-6H2,1H3,(H,17,22)(H,19,20)(H3,16,18,24). The quantitative estimate of drug-likeness (QED) is 0.0875. The van der Waals surface area contributed by atoms with Crippen LogP contribution >= 0.6 is 15.9 Å². The van der Waals surface area contributed by atoms with Crippen LogP contribution in [0.25, 0.3) is 0 Å². The molecule has 0 saturated heterocycles. The van der Waals surface area contributed by atoms with E-state index >= 15 is 0 Å². The lowest BCUT2D eigenvalue weighted by molar-refractivity contribution is 0.305. The number of hydrogen-bond donors (Lipinski definition) is 6. The minimum Gasteiger partial charge on any atom is -0.409 e. The molecule has 13 heteroatoms. The molecule has 2 aromatic rings. The zero-order chi connectivity index (χ0) is 19.2.